The van der Waals surface area contributed by atoms with Crippen LogP contribution < -0.4 is 5.32 Å². The van der Waals surface area contributed by atoms with E-state index in [0.29, 0.717) is 19.0 Å². The molecule has 1 N–H and O–H groups in total. The molecule has 1 unspecified atom stereocenters. The first-order valence-corrected chi connectivity index (χ1v) is 8.17. The summed E-state index contributed by atoms with van der Waals surface area (Å²) in [5.41, 5.74) is 0.744. The number of nitrogens with zero attached hydrogens (tertiary/aromatic N) is 2. The van der Waals surface area contributed by atoms with E-state index in [1.54, 1.807) is 16.6 Å². The van der Waals surface area contributed by atoms with E-state index in [0.717, 1.165) is 25.1 Å². The predicted octanol–water partition coefficient (Wildman–Crippen LogP) is 1.93. The lowest BCUT2D eigenvalue weighted by molar-refractivity contribution is 0.281. The largest absolute Gasteiger partial charge is 0.384 e. The highest BCUT2D eigenvalue weighted by molar-refractivity contribution is 7.89. The van der Waals surface area contributed by atoms with Gasteiger partial charge in [0, 0.05) is 25.8 Å². The molecule has 1 fully saturated rings. The summed E-state index contributed by atoms with van der Waals surface area (Å²) in [5, 5.41) is 3.09. The van der Waals surface area contributed by atoms with Gasteiger partial charge in [0.2, 0.25) is 10.0 Å². The highest BCUT2D eigenvalue weighted by atomic mass is 32.2. The summed E-state index contributed by atoms with van der Waals surface area (Å²) < 4.78 is 26.7. The van der Waals surface area contributed by atoms with Crippen molar-refractivity contribution in [1.29, 1.82) is 0 Å². The van der Waals surface area contributed by atoms with Crippen LogP contribution >= 0.6 is 0 Å². The minimum Gasteiger partial charge on any atom is -0.384 e. The lowest BCUT2D eigenvalue weighted by Gasteiger charge is -2.29. The lowest BCUT2D eigenvalue weighted by atomic mass is 10.0. The summed E-state index contributed by atoms with van der Waals surface area (Å²) in [6.07, 6.45) is 5.10. The SMILES string of the molecule is CCNc1cncc(S(=O)(=O)N2CCCC(C)C2)c1. The van der Waals surface area contributed by atoms with Crippen LogP contribution in [0.5, 0.6) is 0 Å². The summed E-state index contributed by atoms with van der Waals surface area (Å²) in [6, 6.07) is 1.66. The molecule has 2 rings (SSSR count). The van der Waals surface area contributed by atoms with Gasteiger partial charge in [-0.2, -0.15) is 4.31 Å². The van der Waals surface area contributed by atoms with Crippen LogP contribution in [0.25, 0.3) is 0 Å². The molecule has 0 radical (unpaired) electrons. The highest BCUT2D eigenvalue weighted by Gasteiger charge is 2.28. The summed E-state index contributed by atoms with van der Waals surface area (Å²) in [6.45, 7) is 6.01. The number of sulfonamides is 1. The maximum Gasteiger partial charge on any atom is 0.244 e. The summed E-state index contributed by atoms with van der Waals surface area (Å²) in [5.74, 6) is 0.424. The standard InChI is InChI=1S/C13H21N3O2S/c1-3-15-12-7-13(9-14-8-12)19(17,18)16-6-4-5-11(2)10-16/h7-9,11,15H,3-6,10H2,1-2H3. The number of pyridine rings is 1. The molecule has 1 aromatic rings. The van der Waals surface area contributed by atoms with Gasteiger partial charge in [0.1, 0.15) is 4.90 Å². The minimum atomic E-state index is -3.40. The summed E-state index contributed by atoms with van der Waals surface area (Å²) >= 11 is 0. The molecule has 0 spiro atoms. The second kappa shape index (κ2) is 5.88. The average molecular weight is 283 g/mol. The van der Waals surface area contributed by atoms with Gasteiger partial charge in [-0.05, 0) is 31.7 Å². The molecule has 1 aliphatic heterocycles. The van der Waals surface area contributed by atoms with Crippen molar-refractivity contribution in [2.75, 3.05) is 25.0 Å². The molecule has 2 heterocycles. The van der Waals surface area contributed by atoms with E-state index < -0.39 is 10.0 Å². The predicted molar refractivity (Wildman–Crippen MR) is 75.6 cm³/mol. The molecule has 5 nitrogen and oxygen atoms in total. The number of aromatic nitrogens is 1. The molecule has 1 aromatic heterocycles. The van der Waals surface area contributed by atoms with Gasteiger partial charge in [0.05, 0.1) is 11.9 Å². The first-order valence-electron chi connectivity index (χ1n) is 6.73. The number of anilines is 1. The zero-order valence-corrected chi connectivity index (χ0v) is 12.3. The van der Waals surface area contributed by atoms with E-state index in [2.05, 4.69) is 17.2 Å². The van der Waals surface area contributed by atoms with E-state index >= 15 is 0 Å². The van der Waals surface area contributed by atoms with Gasteiger partial charge >= 0.3 is 0 Å². The molecule has 0 aliphatic carbocycles. The summed E-state index contributed by atoms with van der Waals surface area (Å²) in [4.78, 5) is 4.29. The smallest absolute Gasteiger partial charge is 0.244 e. The second-order valence-electron chi connectivity index (χ2n) is 5.05. The third-order valence-electron chi connectivity index (χ3n) is 3.35. The quantitative estimate of drug-likeness (QED) is 0.917. The third kappa shape index (κ3) is 3.25. The molecule has 0 amide bonds. The minimum absolute atomic E-state index is 0.278. The van der Waals surface area contributed by atoms with Gasteiger partial charge in [0.25, 0.3) is 0 Å². The highest BCUT2D eigenvalue weighted by Crippen LogP contribution is 2.24. The summed E-state index contributed by atoms with van der Waals surface area (Å²) in [7, 11) is -3.40. The van der Waals surface area contributed by atoms with Gasteiger partial charge in [-0.3, -0.25) is 4.98 Å². The monoisotopic (exact) mass is 283 g/mol. The van der Waals surface area contributed by atoms with Crippen molar-refractivity contribution in [3.63, 3.8) is 0 Å². The average Bonchev–Trinajstić information content (AvgIpc) is 2.39. The Morgan fingerprint density at radius 1 is 1.47 bits per heavy atom. The number of hydrogen-bond acceptors (Lipinski definition) is 4. The van der Waals surface area contributed by atoms with Crippen LogP contribution in [0.3, 0.4) is 0 Å². The van der Waals surface area contributed by atoms with Crippen LogP contribution in [0.4, 0.5) is 5.69 Å². The van der Waals surface area contributed by atoms with Crippen LogP contribution in [-0.4, -0.2) is 37.3 Å². The Balaban J connectivity index is 2.25. The van der Waals surface area contributed by atoms with E-state index in [-0.39, 0.29) is 4.90 Å². The fourth-order valence-electron chi connectivity index (χ4n) is 2.37. The lowest BCUT2D eigenvalue weighted by Crippen LogP contribution is -2.39. The van der Waals surface area contributed by atoms with Gasteiger partial charge in [-0.25, -0.2) is 8.42 Å². The van der Waals surface area contributed by atoms with Crippen LogP contribution in [0.15, 0.2) is 23.4 Å². The molecule has 6 heteroatoms. The number of nitrogens with one attached hydrogen (secondary N) is 1. The van der Waals surface area contributed by atoms with Gasteiger partial charge in [0.15, 0.2) is 0 Å². The molecule has 106 valence electrons. The first-order chi connectivity index (χ1) is 9.04. The number of piperidine rings is 1. The third-order valence-corrected chi connectivity index (χ3v) is 5.18. The van der Waals surface area contributed by atoms with Crippen molar-refractivity contribution < 1.29 is 8.42 Å². The molecular weight excluding hydrogens is 262 g/mol. The molecule has 1 saturated heterocycles. The van der Waals surface area contributed by atoms with Crippen molar-refractivity contribution in [2.45, 2.75) is 31.6 Å². The first kappa shape index (κ1) is 14.3. The molecule has 0 aromatic carbocycles. The zero-order valence-electron chi connectivity index (χ0n) is 11.5. The molecule has 1 aliphatic rings. The Morgan fingerprint density at radius 3 is 2.95 bits per heavy atom. The molecule has 0 bridgehead atoms. The topological polar surface area (TPSA) is 62.3 Å². The number of hydrogen-bond donors (Lipinski definition) is 1. The fourth-order valence-corrected chi connectivity index (χ4v) is 3.96. The van der Waals surface area contributed by atoms with E-state index in [9.17, 15) is 8.42 Å². The Labute approximate surface area is 115 Å². The van der Waals surface area contributed by atoms with Gasteiger partial charge in [-0.15, -0.1) is 0 Å². The molecule has 0 saturated carbocycles. The van der Waals surface area contributed by atoms with Crippen LogP contribution in [0.1, 0.15) is 26.7 Å². The van der Waals surface area contributed by atoms with Gasteiger partial charge < -0.3 is 5.32 Å². The Kier molecular flexibility index (Phi) is 4.42. The van der Waals surface area contributed by atoms with Gasteiger partial charge in [-0.1, -0.05) is 6.92 Å². The van der Waals surface area contributed by atoms with Crippen molar-refractivity contribution >= 4 is 15.7 Å². The van der Waals surface area contributed by atoms with Crippen LogP contribution in [-0.2, 0) is 10.0 Å². The number of rotatable bonds is 4. The Hall–Kier alpha value is -1.14. The van der Waals surface area contributed by atoms with E-state index in [1.807, 2.05) is 6.92 Å². The maximum atomic E-state index is 12.5. The molecule has 1 atom stereocenters. The van der Waals surface area contributed by atoms with Crippen molar-refractivity contribution in [1.82, 2.24) is 9.29 Å². The maximum absolute atomic E-state index is 12.5. The molecule has 19 heavy (non-hydrogen) atoms. The van der Waals surface area contributed by atoms with E-state index in [4.69, 9.17) is 0 Å². The normalized spacial score (nSPS) is 21.3. The Bertz CT molecular complexity index is 530. The molecular formula is C13H21N3O2S. The Morgan fingerprint density at radius 2 is 2.26 bits per heavy atom. The zero-order chi connectivity index (χ0) is 13.9. The van der Waals surface area contributed by atoms with E-state index in [1.165, 1.54) is 6.20 Å². The van der Waals surface area contributed by atoms with Crippen molar-refractivity contribution in [3.05, 3.63) is 18.5 Å². The second-order valence-corrected chi connectivity index (χ2v) is 6.99. The van der Waals surface area contributed by atoms with Crippen LogP contribution in [0.2, 0.25) is 0 Å². The van der Waals surface area contributed by atoms with Crippen molar-refractivity contribution in [3.8, 4) is 0 Å². The fraction of sp³-hybridized carbons (Fsp3) is 0.615. The van der Waals surface area contributed by atoms with Crippen molar-refractivity contribution in [2.24, 2.45) is 5.92 Å². The van der Waals surface area contributed by atoms with Crippen LogP contribution in [0, 0.1) is 5.92 Å².